The molecule has 2 aromatic carbocycles. The summed E-state index contributed by atoms with van der Waals surface area (Å²) in [6.45, 7) is 8.40. The van der Waals surface area contributed by atoms with Gasteiger partial charge in [0, 0.05) is 67.0 Å². The zero-order valence-electron chi connectivity index (χ0n) is 18.3. The van der Waals surface area contributed by atoms with Crippen LogP contribution in [0.2, 0.25) is 0 Å². The lowest BCUT2D eigenvalue weighted by molar-refractivity contribution is 0.589. The summed E-state index contributed by atoms with van der Waals surface area (Å²) in [6.07, 6.45) is 5.57. The molecular weight excluding hydrogens is 408 g/mol. The number of pyridine rings is 2. The van der Waals surface area contributed by atoms with E-state index in [0.717, 1.165) is 76.2 Å². The summed E-state index contributed by atoms with van der Waals surface area (Å²) >= 11 is 0. The van der Waals surface area contributed by atoms with Crippen molar-refractivity contribution in [1.29, 1.82) is 0 Å². The van der Waals surface area contributed by atoms with Gasteiger partial charge in [0.2, 0.25) is 0 Å². The minimum atomic E-state index is 0.774. The standard InChI is InChI=1S/C27H24N6/c1-18(27-31-24-7-6-21(15-26(24)32-27)33-12-10-28-11-13-33)19-8-9-30-25(14-19)23-17-29-16-20-4-2-3-5-22(20)23/h2-9,14-17,28H,1,10-13H2,(H,31,32). The minimum Gasteiger partial charge on any atom is -0.369 e. The Morgan fingerprint density at radius 2 is 1.85 bits per heavy atom. The molecule has 33 heavy (non-hydrogen) atoms. The summed E-state index contributed by atoms with van der Waals surface area (Å²) in [5.41, 5.74) is 6.89. The van der Waals surface area contributed by atoms with E-state index in [0.29, 0.717) is 0 Å². The van der Waals surface area contributed by atoms with Crippen molar-refractivity contribution in [2.75, 3.05) is 31.1 Å². The zero-order chi connectivity index (χ0) is 22.2. The Hall–Kier alpha value is -4.03. The molecule has 0 saturated carbocycles. The first-order valence-corrected chi connectivity index (χ1v) is 11.2. The highest BCUT2D eigenvalue weighted by Crippen LogP contribution is 2.30. The summed E-state index contributed by atoms with van der Waals surface area (Å²) in [6, 6.07) is 18.7. The second-order valence-electron chi connectivity index (χ2n) is 8.34. The van der Waals surface area contributed by atoms with Gasteiger partial charge in [0.05, 0.1) is 16.7 Å². The Morgan fingerprint density at radius 3 is 2.76 bits per heavy atom. The molecule has 0 spiro atoms. The molecule has 3 aromatic heterocycles. The van der Waals surface area contributed by atoms with Gasteiger partial charge in [-0.15, -0.1) is 0 Å². The number of hydrogen-bond donors (Lipinski definition) is 2. The maximum Gasteiger partial charge on any atom is 0.138 e. The third-order valence-electron chi connectivity index (χ3n) is 6.29. The number of imidazole rings is 1. The molecule has 1 saturated heterocycles. The van der Waals surface area contributed by atoms with Gasteiger partial charge in [-0.2, -0.15) is 0 Å². The van der Waals surface area contributed by atoms with Gasteiger partial charge in [0.15, 0.2) is 0 Å². The maximum atomic E-state index is 4.81. The normalized spacial score (nSPS) is 14.1. The van der Waals surface area contributed by atoms with E-state index in [1.165, 1.54) is 5.69 Å². The topological polar surface area (TPSA) is 69.7 Å². The fourth-order valence-electron chi connectivity index (χ4n) is 4.48. The van der Waals surface area contributed by atoms with E-state index >= 15 is 0 Å². The Bertz CT molecular complexity index is 1470. The molecule has 6 heteroatoms. The number of aromatic amines is 1. The largest absolute Gasteiger partial charge is 0.369 e. The fourth-order valence-corrected chi connectivity index (χ4v) is 4.48. The predicted molar refractivity (Wildman–Crippen MR) is 134 cm³/mol. The van der Waals surface area contributed by atoms with Crippen LogP contribution in [0.25, 0.3) is 38.6 Å². The summed E-state index contributed by atoms with van der Waals surface area (Å²) in [4.78, 5) is 19.7. The first-order chi connectivity index (χ1) is 16.3. The molecule has 0 radical (unpaired) electrons. The molecule has 1 aliphatic rings. The van der Waals surface area contributed by atoms with Gasteiger partial charge in [-0.1, -0.05) is 30.8 Å². The van der Waals surface area contributed by atoms with E-state index in [-0.39, 0.29) is 0 Å². The van der Waals surface area contributed by atoms with Crippen molar-refractivity contribution in [1.82, 2.24) is 25.3 Å². The van der Waals surface area contributed by atoms with E-state index in [9.17, 15) is 0 Å². The number of fused-ring (bicyclic) bond motifs is 2. The minimum absolute atomic E-state index is 0.774. The Morgan fingerprint density at radius 1 is 0.970 bits per heavy atom. The molecule has 0 unspecified atom stereocenters. The Labute approximate surface area is 192 Å². The predicted octanol–water partition coefficient (Wildman–Crippen LogP) is 4.64. The van der Waals surface area contributed by atoms with Crippen LogP contribution in [0.4, 0.5) is 5.69 Å². The number of rotatable bonds is 4. The third-order valence-corrected chi connectivity index (χ3v) is 6.29. The van der Waals surface area contributed by atoms with E-state index in [1.807, 2.05) is 36.8 Å². The lowest BCUT2D eigenvalue weighted by Gasteiger charge is -2.29. The molecule has 2 N–H and O–H groups in total. The van der Waals surface area contributed by atoms with Gasteiger partial charge in [0.25, 0.3) is 0 Å². The van der Waals surface area contributed by atoms with Crippen LogP contribution in [0.5, 0.6) is 0 Å². The van der Waals surface area contributed by atoms with Crippen LogP contribution in [0.15, 0.2) is 79.8 Å². The van der Waals surface area contributed by atoms with Crippen LogP contribution in [-0.4, -0.2) is 46.1 Å². The third kappa shape index (κ3) is 3.64. The number of aromatic nitrogens is 4. The highest BCUT2D eigenvalue weighted by Gasteiger charge is 2.14. The smallest absolute Gasteiger partial charge is 0.138 e. The van der Waals surface area contributed by atoms with Gasteiger partial charge < -0.3 is 15.2 Å². The second-order valence-corrected chi connectivity index (χ2v) is 8.34. The number of nitrogens with zero attached hydrogens (tertiary/aromatic N) is 4. The average molecular weight is 433 g/mol. The fraction of sp³-hybridized carbons (Fsp3) is 0.148. The number of benzene rings is 2. The van der Waals surface area contributed by atoms with Crippen molar-refractivity contribution in [3.8, 4) is 11.3 Å². The van der Waals surface area contributed by atoms with E-state index in [4.69, 9.17) is 4.98 Å². The molecular formula is C27H24N6. The van der Waals surface area contributed by atoms with Crippen molar-refractivity contribution in [2.24, 2.45) is 0 Å². The molecule has 4 heterocycles. The van der Waals surface area contributed by atoms with Crippen molar-refractivity contribution < 1.29 is 0 Å². The first kappa shape index (κ1) is 19.6. The zero-order valence-corrected chi connectivity index (χ0v) is 18.3. The molecule has 0 atom stereocenters. The molecule has 0 aliphatic carbocycles. The number of nitrogens with one attached hydrogen (secondary N) is 2. The molecule has 1 aliphatic heterocycles. The van der Waals surface area contributed by atoms with Crippen molar-refractivity contribution in [2.45, 2.75) is 0 Å². The Balaban J connectivity index is 1.34. The van der Waals surface area contributed by atoms with Crippen LogP contribution in [-0.2, 0) is 0 Å². The number of H-pyrrole nitrogens is 1. The Kier molecular flexibility index (Phi) is 4.85. The summed E-state index contributed by atoms with van der Waals surface area (Å²) in [5.74, 6) is 0.774. The van der Waals surface area contributed by atoms with Gasteiger partial charge in [-0.05, 0) is 41.3 Å². The van der Waals surface area contributed by atoms with E-state index in [1.54, 1.807) is 0 Å². The summed E-state index contributed by atoms with van der Waals surface area (Å²) in [5, 5.41) is 5.63. The van der Waals surface area contributed by atoms with Crippen LogP contribution in [0.3, 0.4) is 0 Å². The van der Waals surface area contributed by atoms with E-state index < -0.39 is 0 Å². The lowest BCUT2D eigenvalue weighted by Crippen LogP contribution is -2.43. The lowest BCUT2D eigenvalue weighted by atomic mass is 10.0. The van der Waals surface area contributed by atoms with Crippen LogP contribution >= 0.6 is 0 Å². The van der Waals surface area contributed by atoms with E-state index in [2.05, 4.69) is 68.1 Å². The van der Waals surface area contributed by atoms with Gasteiger partial charge in [-0.25, -0.2) is 4.98 Å². The van der Waals surface area contributed by atoms with Crippen molar-refractivity contribution in [3.05, 3.63) is 91.2 Å². The monoisotopic (exact) mass is 432 g/mol. The molecule has 1 fully saturated rings. The molecule has 5 aromatic rings. The van der Waals surface area contributed by atoms with Gasteiger partial charge >= 0.3 is 0 Å². The SMILES string of the molecule is C=C(c1ccnc(-c2cncc3ccccc23)c1)c1nc2ccc(N3CCNCC3)cc2[nH]1. The highest BCUT2D eigenvalue weighted by atomic mass is 15.2. The molecule has 0 amide bonds. The summed E-state index contributed by atoms with van der Waals surface area (Å²) in [7, 11) is 0. The number of hydrogen-bond acceptors (Lipinski definition) is 5. The first-order valence-electron chi connectivity index (χ1n) is 11.2. The average Bonchev–Trinajstić information content (AvgIpc) is 3.32. The summed E-state index contributed by atoms with van der Waals surface area (Å²) < 4.78 is 0. The van der Waals surface area contributed by atoms with Crippen LogP contribution in [0, 0.1) is 0 Å². The van der Waals surface area contributed by atoms with Crippen molar-refractivity contribution >= 4 is 33.1 Å². The number of piperazine rings is 1. The van der Waals surface area contributed by atoms with Crippen LogP contribution < -0.4 is 10.2 Å². The van der Waals surface area contributed by atoms with Crippen LogP contribution in [0.1, 0.15) is 11.4 Å². The molecule has 6 rings (SSSR count). The van der Waals surface area contributed by atoms with Gasteiger partial charge in [-0.3, -0.25) is 9.97 Å². The quantitative estimate of drug-likeness (QED) is 0.433. The molecule has 162 valence electrons. The molecule has 0 bridgehead atoms. The maximum absolute atomic E-state index is 4.81. The van der Waals surface area contributed by atoms with Crippen molar-refractivity contribution in [3.63, 3.8) is 0 Å². The second kappa shape index (κ2) is 8.15. The number of anilines is 1. The molecule has 6 nitrogen and oxygen atoms in total. The van der Waals surface area contributed by atoms with Gasteiger partial charge in [0.1, 0.15) is 5.82 Å². The highest BCUT2D eigenvalue weighted by molar-refractivity contribution is 5.95.